The largest absolute Gasteiger partial charge is 0.497 e. The number of nitrogens with one attached hydrogen (secondary N) is 2. The van der Waals surface area contributed by atoms with Gasteiger partial charge >= 0.3 is 13.7 Å². The van der Waals surface area contributed by atoms with Crippen LogP contribution in [-0.2, 0) is 28.9 Å². The maximum absolute atomic E-state index is 17.3. The van der Waals surface area contributed by atoms with Gasteiger partial charge in [0.1, 0.15) is 29.7 Å². The van der Waals surface area contributed by atoms with Gasteiger partial charge in [0.05, 0.1) is 32.1 Å². The van der Waals surface area contributed by atoms with Crippen molar-refractivity contribution < 1.29 is 46.1 Å². The summed E-state index contributed by atoms with van der Waals surface area (Å²) in [6.07, 6.45) is -0.867. The SMILES string of the molecule is CCOc1nc(NC(c2ccccc2)(c2ccccc2)c2ccc(OC)cc2)nc2c1ncn2C1O[C@](F)(COP(=O)(N[C@@H](C)C(=O)OC(C)C)Oc2ccccc2)[C@@H](C)[C@@]1(C)F. The third kappa shape index (κ3) is 9.26. The van der Waals surface area contributed by atoms with Crippen molar-refractivity contribution in [2.75, 3.05) is 25.6 Å². The Labute approximate surface area is 364 Å². The molecule has 1 fully saturated rings. The van der Waals surface area contributed by atoms with Crippen molar-refractivity contribution in [1.82, 2.24) is 24.6 Å². The summed E-state index contributed by atoms with van der Waals surface area (Å²) in [5.74, 6) is -4.24. The number of ether oxygens (including phenoxy) is 4. The number of halogens is 2. The predicted molar refractivity (Wildman–Crippen MR) is 233 cm³/mol. The molecule has 2 aromatic heterocycles. The van der Waals surface area contributed by atoms with Gasteiger partial charge in [-0.05, 0) is 75.6 Å². The van der Waals surface area contributed by atoms with Gasteiger partial charge in [-0.15, -0.1) is 0 Å². The third-order valence-electron chi connectivity index (χ3n) is 10.9. The number of benzene rings is 4. The number of carbonyl (C=O) groups excluding carboxylic acids is 1. The van der Waals surface area contributed by atoms with Crippen molar-refractivity contribution in [3.05, 3.63) is 138 Å². The van der Waals surface area contributed by atoms with E-state index in [2.05, 4.69) is 15.4 Å². The maximum Gasteiger partial charge on any atom is 0.459 e. The number of carbonyl (C=O) groups is 1. The van der Waals surface area contributed by atoms with Crippen LogP contribution in [-0.4, -0.2) is 69.5 Å². The summed E-state index contributed by atoms with van der Waals surface area (Å²) >= 11 is 0. The molecule has 0 saturated carbocycles. The van der Waals surface area contributed by atoms with Crippen LogP contribution in [0.3, 0.4) is 0 Å². The molecule has 2 N–H and O–H groups in total. The van der Waals surface area contributed by atoms with Crippen molar-refractivity contribution in [2.45, 2.75) is 77.0 Å². The van der Waals surface area contributed by atoms with E-state index < -0.39 is 61.7 Å². The highest BCUT2D eigenvalue weighted by Gasteiger charge is 2.63. The van der Waals surface area contributed by atoms with Gasteiger partial charge < -0.3 is 28.8 Å². The molecule has 6 aromatic rings. The summed E-state index contributed by atoms with van der Waals surface area (Å²) in [6, 6.07) is 33.9. The molecule has 4 aromatic carbocycles. The summed E-state index contributed by atoms with van der Waals surface area (Å²) in [7, 11) is -2.97. The van der Waals surface area contributed by atoms with Crippen LogP contribution < -0.4 is 24.4 Å². The lowest BCUT2D eigenvalue weighted by molar-refractivity contribution is -0.188. The van der Waals surface area contributed by atoms with E-state index in [0.29, 0.717) is 5.75 Å². The molecule has 332 valence electrons. The minimum Gasteiger partial charge on any atom is -0.497 e. The summed E-state index contributed by atoms with van der Waals surface area (Å²) in [6.45, 7) is 8.16. The van der Waals surface area contributed by atoms with E-state index in [1.165, 1.54) is 43.8 Å². The standard InChI is InChI=1S/C46H51F2N6O8P/c1-8-58-40-38-39(50-43(51-40)52-46(33-18-12-9-13-19-33,34-20-14-10-15-21-34)35-24-26-36(57-7)27-25-35)54(29-49-38)42-44(6,47)32(5)45(48,61-42)28-59-63(56,62-37-22-16-11-17-23-37)53-31(4)41(55)60-30(2)3/h9-27,29-32,42H,8,28H2,1-7H3,(H,53,56)(H,50,51,52)/t31-,32-,42?,44+,45+,63?/m0/s1. The lowest BCUT2D eigenvalue weighted by Gasteiger charge is -2.37. The van der Waals surface area contributed by atoms with Crippen molar-refractivity contribution in [2.24, 2.45) is 5.92 Å². The van der Waals surface area contributed by atoms with Crippen LogP contribution in [0.1, 0.15) is 64.5 Å². The smallest absolute Gasteiger partial charge is 0.459 e. The number of fused-ring (bicyclic) bond motifs is 1. The fraction of sp³-hybridized carbons (Fsp3) is 0.348. The lowest BCUT2D eigenvalue weighted by Crippen LogP contribution is -2.41. The Morgan fingerprint density at radius 1 is 0.889 bits per heavy atom. The number of rotatable bonds is 18. The second-order valence-corrected chi connectivity index (χ2v) is 17.3. The highest BCUT2D eigenvalue weighted by molar-refractivity contribution is 7.52. The zero-order chi connectivity index (χ0) is 45.0. The molecule has 0 bridgehead atoms. The Morgan fingerprint density at radius 2 is 1.48 bits per heavy atom. The minimum atomic E-state index is -4.56. The molecule has 63 heavy (non-hydrogen) atoms. The summed E-state index contributed by atoms with van der Waals surface area (Å²) in [4.78, 5) is 26.9. The van der Waals surface area contributed by atoms with Gasteiger partial charge in [0.25, 0.3) is 0 Å². The number of anilines is 1. The van der Waals surface area contributed by atoms with E-state index in [1.54, 1.807) is 46.1 Å². The summed E-state index contributed by atoms with van der Waals surface area (Å²) in [5, 5.41) is 6.15. The van der Waals surface area contributed by atoms with Crippen LogP contribution in [0, 0.1) is 5.92 Å². The normalized spacial score (nSPS) is 21.4. The average molecular weight is 885 g/mol. The van der Waals surface area contributed by atoms with E-state index in [-0.39, 0.29) is 35.3 Å². The fourth-order valence-electron chi connectivity index (χ4n) is 7.49. The fourth-order valence-corrected chi connectivity index (χ4v) is 9.00. The topological polar surface area (TPSA) is 157 Å². The number of hydrogen-bond donors (Lipinski definition) is 2. The van der Waals surface area contributed by atoms with Gasteiger partial charge in [-0.1, -0.05) is 97.9 Å². The molecule has 1 aliphatic heterocycles. The number of para-hydroxylation sites is 1. The Bertz CT molecular complexity index is 2500. The van der Waals surface area contributed by atoms with E-state index in [4.69, 9.17) is 38.0 Å². The van der Waals surface area contributed by atoms with Crippen LogP contribution in [0.5, 0.6) is 17.4 Å². The van der Waals surface area contributed by atoms with Gasteiger partial charge in [-0.25, -0.2) is 18.3 Å². The summed E-state index contributed by atoms with van der Waals surface area (Å²) < 4.78 is 84.3. The maximum atomic E-state index is 17.3. The first-order valence-electron chi connectivity index (χ1n) is 20.6. The second-order valence-electron chi connectivity index (χ2n) is 15.6. The lowest BCUT2D eigenvalue weighted by atomic mass is 9.77. The molecular weight excluding hydrogens is 834 g/mol. The number of aromatic nitrogens is 4. The molecule has 0 spiro atoms. The molecular formula is C46H51F2N6O8P. The first kappa shape index (κ1) is 45.1. The Hall–Kier alpha value is -5.93. The third-order valence-corrected chi connectivity index (χ3v) is 12.5. The molecule has 1 saturated heterocycles. The molecule has 0 radical (unpaired) electrons. The molecule has 0 amide bonds. The van der Waals surface area contributed by atoms with E-state index in [1.807, 2.05) is 84.9 Å². The van der Waals surface area contributed by atoms with Crippen LogP contribution >= 0.6 is 7.75 Å². The van der Waals surface area contributed by atoms with Crippen LogP contribution in [0.2, 0.25) is 0 Å². The highest BCUT2D eigenvalue weighted by Crippen LogP contribution is 2.55. The number of methoxy groups -OCH3 is 1. The molecule has 0 aliphatic carbocycles. The van der Waals surface area contributed by atoms with Crippen LogP contribution in [0.25, 0.3) is 11.2 Å². The van der Waals surface area contributed by atoms with Crippen molar-refractivity contribution >= 4 is 30.8 Å². The Balaban J connectivity index is 1.27. The van der Waals surface area contributed by atoms with Crippen LogP contribution in [0.15, 0.2) is 122 Å². The summed E-state index contributed by atoms with van der Waals surface area (Å²) in [5.41, 5.74) is -0.801. The van der Waals surface area contributed by atoms with E-state index in [9.17, 15) is 9.36 Å². The Morgan fingerprint density at radius 3 is 2.05 bits per heavy atom. The van der Waals surface area contributed by atoms with Gasteiger partial charge in [-0.3, -0.25) is 13.9 Å². The molecule has 2 unspecified atom stereocenters. The van der Waals surface area contributed by atoms with Gasteiger partial charge in [0.2, 0.25) is 17.7 Å². The average Bonchev–Trinajstić information content (AvgIpc) is 3.78. The quantitative estimate of drug-likeness (QED) is 0.0479. The van der Waals surface area contributed by atoms with Crippen molar-refractivity contribution in [3.63, 3.8) is 0 Å². The zero-order valence-corrected chi connectivity index (χ0v) is 36.9. The number of imidazole rings is 1. The number of esters is 1. The molecule has 1 aliphatic rings. The molecule has 6 atom stereocenters. The molecule has 7 rings (SSSR count). The Kier molecular flexibility index (Phi) is 13.2. The highest BCUT2D eigenvalue weighted by atomic mass is 31.2. The number of alkyl halides is 2. The van der Waals surface area contributed by atoms with E-state index in [0.717, 1.165) is 16.7 Å². The minimum absolute atomic E-state index is 0.0733. The first-order valence-corrected chi connectivity index (χ1v) is 22.1. The van der Waals surface area contributed by atoms with Crippen LogP contribution in [0.4, 0.5) is 14.7 Å². The number of hydrogen-bond acceptors (Lipinski definition) is 12. The van der Waals surface area contributed by atoms with Gasteiger partial charge in [0.15, 0.2) is 23.1 Å². The zero-order valence-electron chi connectivity index (χ0n) is 36.0. The van der Waals surface area contributed by atoms with E-state index >= 15 is 8.78 Å². The van der Waals surface area contributed by atoms with Gasteiger partial charge in [0, 0.05) is 0 Å². The molecule has 14 nitrogen and oxygen atoms in total. The number of nitrogens with zero attached hydrogens (tertiary/aromatic N) is 4. The van der Waals surface area contributed by atoms with Gasteiger partial charge in [-0.2, -0.15) is 15.1 Å². The van der Waals surface area contributed by atoms with Crippen molar-refractivity contribution in [3.8, 4) is 17.4 Å². The molecule has 17 heteroatoms. The molecule has 3 heterocycles. The monoisotopic (exact) mass is 884 g/mol. The first-order chi connectivity index (χ1) is 30.1. The second kappa shape index (κ2) is 18.4. The van der Waals surface area contributed by atoms with Crippen molar-refractivity contribution in [1.29, 1.82) is 0 Å². The predicted octanol–water partition coefficient (Wildman–Crippen LogP) is 9.33.